The molecule has 0 aliphatic heterocycles. The highest BCUT2D eigenvalue weighted by atomic mass is 36.0. The maximum Gasteiger partial charge on any atom is 0.345 e. The second-order valence-corrected chi connectivity index (χ2v) is 4.94. The van der Waals surface area contributed by atoms with Crippen LogP contribution in [0.3, 0.4) is 0 Å². The highest BCUT2D eigenvalue weighted by Crippen LogP contribution is 2.06. The topological polar surface area (TPSA) is 54.4 Å². The van der Waals surface area contributed by atoms with Crippen molar-refractivity contribution in [3.8, 4) is 0 Å². The summed E-state index contributed by atoms with van der Waals surface area (Å²) >= 11 is 1.23. The first-order valence-corrected chi connectivity index (χ1v) is 6.23. The molecule has 0 atom stereocenters. The van der Waals surface area contributed by atoms with Crippen LogP contribution in [0.25, 0.3) is 0 Å². The molecule has 0 saturated heterocycles. The minimum atomic E-state index is -1.67. The van der Waals surface area contributed by atoms with Crippen LogP contribution in [0.2, 0.25) is 0 Å². The first-order chi connectivity index (χ1) is 5.54. The lowest BCUT2D eigenvalue weighted by Gasteiger charge is -1.78. The van der Waals surface area contributed by atoms with Crippen molar-refractivity contribution in [1.29, 1.82) is 0 Å². The van der Waals surface area contributed by atoms with Gasteiger partial charge in [-0.1, -0.05) is 6.07 Å². The molecule has 1 N–H and O–H groups in total. The van der Waals surface area contributed by atoms with Gasteiger partial charge in [-0.15, -0.1) is 11.3 Å². The van der Waals surface area contributed by atoms with Gasteiger partial charge in [0.25, 0.3) is 0 Å². The molecule has 12 heavy (non-hydrogen) atoms. The highest BCUT2D eigenvalue weighted by molar-refractivity contribution is 8.26. The summed E-state index contributed by atoms with van der Waals surface area (Å²) in [6.45, 7) is 0. The predicted molar refractivity (Wildman–Crippen MR) is 51.1 cm³/mol. The number of halogens is 2. The molecule has 0 aliphatic carbocycles. The molecule has 68 valence electrons. The lowest BCUT2D eigenvalue weighted by Crippen LogP contribution is -1.89. The fourth-order valence-electron chi connectivity index (χ4n) is 0.400. The van der Waals surface area contributed by atoms with E-state index in [0.29, 0.717) is 4.88 Å². The van der Waals surface area contributed by atoms with E-state index in [2.05, 4.69) is 21.4 Å². The number of carboxylic acids is 1. The smallest absolute Gasteiger partial charge is 0.345 e. The summed E-state index contributed by atoms with van der Waals surface area (Å²) in [5.74, 6) is -0.847. The Labute approximate surface area is 84.4 Å². The molecule has 0 fully saturated rings. The third kappa shape index (κ3) is 6.60. The molecule has 0 aromatic carbocycles. The van der Waals surface area contributed by atoms with E-state index in [1.807, 2.05) is 0 Å². The number of rotatable bonds is 1. The molecule has 0 bridgehead atoms. The zero-order valence-corrected chi connectivity index (χ0v) is 8.71. The summed E-state index contributed by atoms with van der Waals surface area (Å²) < 4.78 is 9.09. The summed E-state index contributed by atoms with van der Waals surface area (Å²) in [6.07, 6.45) is 0. The molecule has 0 aliphatic rings. The minimum Gasteiger partial charge on any atom is -0.477 e. The lowest BCUT2D eigenvalue weighted by atomic mass is 10.5. The largest absolute Gasteiger partial charge is 0.477 e. The summed E-state index contributed by atoms with van der Waals surface area (Å²) in [4.78, 5) is 10.5. The van der Waals surface area contributed by atoms with E-state index in [-0.39, 0.29) is 0 Å². The Hall–Kier alpha value is -0.100. The standard InChI is InChI=1S/C5H4O2S.Cl2OS/c6-5(7)4-2-1-3-8-4;1-4(2)3/h1-3H,(H,6,7);. The Kier molecular flexibility index (Phi) is 6.37. The Morgan fingerprint density at radius 3 is 2.25 bits per heavy atom. The molecule has 1 rings (SSSR count). The Morgan fingerprint density at radius 2 is 2.08 bits per heavy atom. The summed E-state index contributed by atoms with van der Waals surface area (Å²) in [7, 11) is 7.36. The van der Waals surface area contributed by atoms with Gasteiger partial charge in [-0.25, -0.2) is 9.00 Å². The van der Waals surface area contributed by atoms with E-state index in [4.69, 9.17) is 9.32 Å². The summed E-state index contributed by atoms with van der Waals surface area (Å²) in [5.41, 5.74) is 0. The molecule has 7 heteroatoms. The van der Waals surface area contributed by atoms with Crippen molar-refractivity contribution < 1.29 is 14.1 Å². The van der Waals surface area contributed by atoms with Crippen LogP contribution in [0.15, 0.2) is 17.5 Å². The van der Waals surface area contributed by atoms with Crippen LogP contribution < -0.4 is 0 Å². The van der Waals surface area contributed by atoms with E-state index < -0.39 is 15.2 Å². The van der Waals surface area contributed by atoms with E-state index in [9.17, 15) is 4.79 Å². The maximum absolute atomic E-state index is 10.1. The van der Waals surface area contributed by atoms with Gasteiger partial charge in [-0.05, 0) is 11.4 Å². The van der Waals surface area contributed by atoms with Crippen LogP contribution in [0, 0.1) is 0 Å². The van der Waals surface area contributed by atoms with Crippen LogP contribution in [0.4, 0.5) is 0 Å². The van der Waals surface area contributed by atoms with Gasteiger partial charge < -0.3 is 5.11 Å². The molecule has 0 saturated carbocycles. The fourth-order valence-corrected chi connectivity index (χ4v) is 0.962. The molecule has 0 radical (unpaired) electrons. The minimum absolute atomic E-state index is 0.394. The van der Waals surface area contributed by atoms with Crippen molar-refractivity contribution in [3.05, 3.63) is 22.4 Å². The van der Waals surface area contributed by atoms with Gasteiger partial charge in [-0.3, -0.25) is 0 Å². The van der Waals surface area contributed by atoms with Crippen molar-refractivity contribution >= 4 is 47.9 Å². The van der Waals surface area contributed by atoms with E-state index in [0.717, 1.165) is 0 Å². The van der Waals surface area contributed by atoms with Crippen LogP contribution in [-0.2, 0) is 9.23 Å². The quantitative estimate of drug-likeness (QED) is 0.775. The van der Waals surface area contributed by atoms with Gasteiger partial charge in [0, 0.05) is 21.4 Å². The summed E-state index contributed by atoms with van der Waals surface area (Å²) in [5, 5.41) is 10.0. The van der Waals surface area contributed by atoms with Crippen molar-refractivity contribution in [2.75, 3.05) is 0 Å². The number of carboxylic acid groups (broad SMARTS) is 1. The summed E-state index contributed by atoms with van der Waals surface area (Å²) in [6, 6.07) is 3.29. The zero-order valence-electron chi connectivity index (χ0n) is 5.57. The van der Waals surface area contributed by atoms with Crippen molar-refractivity contribution in [2.24, 2.45) is 0 Å². The van der Waals surface area contributed by atoms with Gasteiger partial charge in [0.15, 0.2) is 0 Å². The van der Waals surface area contributed by atoms with Gasteiger partial charge in [0.2, 0.25) is 9.23 Å². The van der Waals surface area contributed by atoms with E-state index in [1.54, 1.807) is 17.5 Å². The monoisotopic (exact) mass is 246 g/mol. The first kappa shape index (κ1) is 11.9. The Bertz CT molecular complexity index is 256. The number of aromatic carboxylic acids is 1. The molecule has 0 spiro atoms. The van der Waals surface area contributed by atoms with Gasteiger partial charge in [-0.2, -0.15) is 0 Å². The van der Waals surface area contributed by atoms with Crippen LogP contribution in [0.1, 0.15) is 9.67 Å². The van der Waals surface area contributed by atoms with Gasteiger partial charge >= 0.3 is 5.97 Å². The average molecular weight is 247 g/mol. The maximum atomic E-state index is 10.1. The van der Waals surface area contributed by atoms with E-state index >= 15 is 0 Å². The highest BCUT2D eigenvalue weighted by Gasteiger charge is 1.99. The normalized spacial score (nSPS) is 8.92. The molecule has 1 heterocycles. The third-order valence-corrected chi connectivity index (χ3v) is 1.59. The van der Waals surface area contributed by atoms with Crippen molar-refractivity contribution in [2.45, 2.75) is 0 Å². The van der Waals surface area contributed by atoms with Gasteiger partial charge in [0.1, 0.15) is 4.88 Å². The SMILES string of the molecule is O=C(O)c1cccs1.O=S(Cl)Cl. The molecule has 0 amide bonds. The zero-order chi connectivity index (χ0) is 9.56. The number of carbonyl (C=O) groups is 1. The van der Waals surface area contributed by atoms with Crippen LogP contribution in [0.5, 0.6) is 0 Å². The number of hydrogen-bond donors (Lipinski definition) is 1. The fraction of sp³-hybridized carbons (Fsp3) is 0. The molecular formula is C5H4Cl2O3S2. The van der Waals surface area contributed by atoms with Crippen LogP contribution in [-0.4, -0.2) is 15.3 Å². The second-order valence-electron chi connectivity index (χ2n) is 1.47. The van der Waals surface area contributed by atoms with Gasteiger partial charge in [0.05, 0.1) is 0 Å². The Balaban J connectivity index is 0.000000261. The third-order valence-electron chi connectivity index (χ3n) is 0.732. The number of hydrogen-bond acceptors (Lipinski definition) is 3. The second kappa shape index (κ2) is 6.42. The molecule has 1 aromatic rings. The molecule has 1 aromatic heterocycles. The van der Waals surface area contributed by atoms with Crippen molar-refractivity contribution in [1.82, 2.24) is 0 Å². The first-order valence-electron chi connectivity index (χ1n) is 2.55. The lowest BCUT2D eigenvalue weighted by molar-refractivity contribution is 0.0702. The molecular weight excluding hydrogens is 243 g/mol. The number of thiophene rings is 1. The Morgan fingerprint density at radius 1 is 1.58 bits per heavy atom. The molecule has 3 nitrogen and oxygen atoms in total. The van der Waals surface area contributed by atoms with E-state index in [1.165, 1.54) is 11.3 Å². The van der Waals surface area contributed by atoms with Crippen LogP contribution >= 0.6 is 32.7 Å². The average Bonchev–Trinajstić information content (AvgIpc) is 2.34. The predicted octanol–water partition coefficient (Wildman–Crippen LogP) is 2.49. The molecule has 0 unspecified atom stereocenters. The van der Waals surface area contributed by atoms with Crippen molar-refractivity contribution in [3.63, 3.8) is 0 Å².